The summed E-state index contributed by atoms with van der Waals surface area (Å²) in [5, 5.41) is 9.95. The van der Waals surface area contributed by atoms with Crippen molar-refractivity contribution in [3.63, 3.8) is 0 Å². The van der Waals surface area contributed by atoms with Gasteiger partial charge in [-0.3, -0.25) is 0 Å². The van der Waals surface area contributed by atoms with E-state index in [1.54, 1.807) is 6.07 Å². The van der Waals surface area contributed by atoms with Crippen molar-refractivity contribution in [2.24, 2.45) is 0 Å². The van der Waals surface area contributed by atoms with E-state index in [1.807, 2.05) is 0 Å². The molecule has 0 unspecified atom stereocenters. The van der Waals surface area contributed by atoms with E-state index in [0.29, 0.717) is 10.9 Å². The van der Waals surface area contributed by atoms with Crippen LogP contribution in [0.5, 0.6) is 5.75 Å². The fourth-order valence-electron chi connectivity index (χ4n) is 1.32. The number of hydrogen-bond donors (Lipinski definition) is 2. The molecule has 0 bridgehead atoms. The lowest BCUT2D eigenvalue weighted by Gasteiger charge is -1.97. The molecule has 1 aromatic heterocycles. The van der Waals surface area contributed by atoms with Crippen LogP contribution in [-0.2, 0) is 9.84 Å². The van der Waals surface area contributed by atoms with Crippen molar-refractivity contribution < 1.29 is 13.5 Å². The number of benzene rings is 1. The molecular weight excluding hydrogens is 202 g/mol. The average molecular weight is 211 g/mol. The van der Waals surface area contributed by atoms with Crippen molar-refractivity contribution in [3.8, 4) is 5.75 Å². The third-order valence-corrected chi connectivity index (χ3v) is 3.17. The monoisotopic (exact) mass is 211 g/mol. The minimum atomic E-state index is -3.19. The number of fused-ring (bicyclic) bond motifs is 1. The zero-order valence-corrected chi connectivity index (χ0v) is 8.30. The molecule has 0 fully saturated rings. The minimum absolute atomic E-state index is 0.125. The van der Waals surface area contributed by atoms with Gasteiger partial charge in [-0.25, -0.2) is 8.42 Å². The largest absolute Gasteiger partial charge is 0.506 e. The summed E-state index contributed by atoms with van der Waals surface area (Å²) in [7, 11) is -3.19. The van der Waals surface area contributed by atoms with Gasteiger partial charge >= 0.3 is 0 Å². The van der Waals surface area contributed by atoms with Gasteiger partial charge in [-0.05, 0) is 18.2 Å². The highest BCUT2D eigenvalue weighted by molar-refractivity contribution is 7.90. The molecule has 0 aliphatic heterocycles. The summed E-state index contributed by atoms with van der Waals surface area (Å²) < 4.78 is 22.4. The summed E-state index contributed by atoms with van der Waals surface area (Å²) >= 11 is 0. The van der Waals surface area contributed by atoms with Gasteiger partial charge in [-0.1, -0.05) is 0 Å². The van der Waals surface area contributed by atoms with Crippen LogP contribution < -0.4 is 0 Å². The van der Waals surface area contributed by atoms with Crippen LogP contribution in [0.15, 0.2) is 29.3 Å². The van der Waals surface area contributed by atoms with E-state index in [9.17, 15) is 13.5 Å². The normalized spacial score (nSPS) is 12.1. The summed E-state index contributed by atoms with van der Waals surface area (Å²) in [6, 6.07) is 4.56. The maximum atomic E-state index is 11.2. The lowest BCUT2D eigenvalue weighted by atomic mass is 10.2. The number of sulfone groups is 1. The molecule has 2 rings (SSSR count). The highest BCUT2D eigenvalue weighted by Gasteiger charge is 2.09. The van der Waals surface area contributed by atoms with Crippen LogP contribution in [0.25, 0.3) is 10.9 Å². The van der Waals surface area contributed by atoms with E-state index in [-0.39, 0.29) is 10.6 Å². The topological polar surface area (TPSA) is 70.2 Å². The number of hydrogen-bond acceptors (Lipinski definition) is 3. The quantitative estimate of drug-likeness (QED) is 0.746. The van der Waals surface area contributed by atoms with Crippen LogP contribution in [0.3, 0.4) is 0 Å². The average Bonchev–Trinajstić information content (AvgIpc) is 2.46. The third kappa shape index (κ3) is 1.35. The Labute approximate surface area is 81.1 Å². The Morgan fingerprint density at radius 3 is 2.71 bits per heavy atom. The van der Waals surface area contributed by atoms with Crippen LogP contribution in [0.1, 0.15) is 0 Å². The lowest BCUT2D eigenvalue weighted by molar-refractivity contribution is 0.481. The van der Waals surface area contributed by atoms with Crippen LogP contribution in [0, 0.1) is 0 Å². The van der Waals surface area contributed by atoms with Crippen molar-refractivity contribution in [1.82, 2.24) is 4.98 Å². The first-order valence-corrected chi connectivity index (χ1v) is 5.88. The van der Waals surface area contributed by atoms with E-state index in [4.69, 9.17) is 0 Å². The standard InChI is InChI=1S/C9H9NO3S/c1-14(12,13)6-2-3-7-8(4-6)10-5-9(7)11/h2-5,10-11H,1H3. The van der Waals surface area contributed by atoms with Crippen molar-refractivity contribution in [1.29, 1.82) is 0 Å². The minimum Gasteiger partial charge on any atom is -0.506 e. The Morgan fingerprint density at radius 1 is 1.36 bits per heavy atom. The summed E-state index contributed by atoms with van der Waals surface area (Å²) in [6.07, 6.45) is 2.58. The molecule has 1 aromatic carbocycles. The molecule has 0 spiro atoms. The summed E-state index contributed by atoms with van der Waals surface area (Å²) in [5.41, 5.74) is 0.616. The number of aromatic hydroxyl groups is 1. The predicted octanol–water partition coefficient (Wildman–Crippen LogP) is 1.28. The van der Waals surface area contributed by atoms with Gasteiger partial charge in [-0.2, -0.15) is 0 Å². The molecule has 2 aromatic rings. The van der Waals surface area contributed by atoms with E-state index in [0.717, 1.165) is 6.26 Å². The molecule has 0 aliphatic rings. The number of H-pyrrole nitrogens is 1. The zero-order valence-electron chi connectivity index (χ0n) is 7.48. The van der Waals surface area contributed by atoms with Crippen molar-refractivity contribution in [2.45, 2.75) is 4.90 Å². The van der Waals surface area contributed by atoms with Crippen LogP contribution in [0.4, 0.5) is 0 Å². The van der Waals surface area contributed by atoms with E-state index >= 15 is 0 Å². The molecule has 5 heteroatoms. The second-order valence-electron chi connectivity index (χ2n) is 3.15. The second kappa shape index (κ2) is 2.75. The van der Waals surface area contributed by atoms with E-state index in [2.05, 4.69) is 4.98 Å². The third-order valence-electron chi connectivity index (χ3n) is 2.06. The summed E-state index contributed by atoms with van der Waals surface area (Å²) in [6.45, 7) is 0. The lowest BCUT2D eigenvalue weighted by Crippen LogP contribution is -1.95. The number of aromatic amines is 1. The molecular formula is C9H9NO3S. The summed E-state index contributed by atoms with van der Waals surface area (Å²) in [4.78, 5) is 3.03. The highest BCUT2D eigenvalue weighted by Crippen LogP contribution is 2.25. The fraction of sp³-hybridized carbons (Fsp3) is 0.111. The van der Waals surface area contributed by atoms with Crippen LogP contribution in [0.2, 0.25) is 0 Å². The van der Waals surface area contributed by atoms with Gasteiger partial charge in [0.2, 0.25) is 0 Å². The van der Waals surface area contributed by atoms with Crippen molar-refractivity contribution >= 4 is 20.7 Å². The van der Waals surface area contributed by atoms with Gasteiger partial charge in [0.15, 0.2) is 9.84 Å². The van der Waals surface area contributed by atoms with Crippen LogP contribution in [-0.4, -0.2) is 24.8 Å². The molecule has 4 nitrogen and oxygen atoms in total. The van der Waals surface area contributed by atoms with Gasteiger partial charge in [0.1, 0.15) is 5.75 Å². The molecule has 0 amide bonds. The first kappa shape index (κ1) is 9.08. The first-order valence-electron chi connectivity index (χ1n) is 3.98. The Bertz CT molecular complexity index is 583. The molecule has 14 heavy (non-hydrogen) atoms. The van der Waals surface area contributed by atoms with Crippen molar-refractivity contribution in [2.75, 3.05) is 6.26 Å². The molecule has 0 saturated carbocycles. The number of nitrogens with one attached hydrogen (secondary N) is 1. The Morgan fingerprint density at radius 2 is 2.07 bits per heavy atom. The fourth-order valence-corrected chi connectivity index (χ4v) is 1.97. The summed E-state index contributed by atoms with van der Waals surface area (Å²) in [5.74, 6) is 0.125. The Balaban J connectivity index is 2.76. The zero-order chi connectivity index (χ0) is 10.3. The van der Waals surface area contributed by atoms with Gasteiger partial charge in [0.25, 0.3) is 0 Å². The molecule has 1 heterocycles. The first-order chi connectivity index (χ1) is 6.48. The van der Waals surface area contributed by atoms with Gasteiger partial charge in [0, 0.05) is 17.8 Å². The number of aromatic nitrogens is 1. The Kier molecular flexibility index (Phi) is 1.78. The highest BCUT2D eigenvalue weighted by atomic mass is 32.2. The maximum Gasteiger partial charge on any atom is 0.175 e. The van der Waals surface area contributed by atoms with Crippen LogP contribution >= 0.6 is 0 Å². The molecule has 0 radical (unpaired) electrons. The SMILES string of the molecule is CS(=O)(=O)c1ccc2c(O)c[nH]c2c1. The maximum absolute atomic E-state index is 11.2. The molecule has 74 valence electrons. The van der Waals surface area contributed by atoms with Crippen molar-refractivity contribution in [3.05, 3.63) is 24.4 Å². The van der Waals surface area contributed by atoms with E-state index in [1.165, 1.54) is 18.3 Å². The van der Waals surface area contributed by atoms with Gasteiger partial charge in [-0.15, -0.1) is 0 Å². The second-order valence-corrected chi connectivity index (χ2v) is 5.17. The predicted molar refractivity (Wildman–Crippen MR) is 53.1 cm³/mol. The van der Waals surface area contributed by atoms with Gasteiger partial charge < -0.3 is 10.1 Å². The Hall–Kier alpha value is -1.49. The van der Waals surface area contributed by atoms with Gasteiger partial charge in [0.05, 0.1) is 10.4 Å². The van der Waals surface area contributed by atoms with E-state index < -0.39 is 9.84 Å². The number of rotatable bonds is 1. The molecule has 2 N–H and O–H groups in total. The molecule has 0 saturated heterocycles. The molecule has 0 atom stereocenters. The molecule has 0 aliphatic carbocycles. The smallest absolute Gasteiger partial charge is 0.175 e.